The molecule has 0 amide bonds. The van der Waals surface area contributed by atoms with Crippen LogP contribution in [0.5, 0.6) is 5.75 Å². The molecule has 4 heterocycles. The lowest BCUT2D eigenvalue weighted by Crippen LogP contribution is -2.35. The predicted octanol–water partition coefficient (Wildman–Crippen LogP) is 3.16. The molecule has 4 rings (SSSR count). The van der Waals surface area contributed by atoms with Gasteiger partial charge >= 0.3 is 6.61 Å². The van der Waals surface area contributed by atoms with Gasteiger partial charge in [-0.25, -0.2) is 9.97 Å². The number of anilines is 1. The molecule has 6 nitrogen and oxygen atoms in total. The molecule has 8 heteroatoms. The number of imidazole rings is 1. The van der Waals surface area contributed by atoms with E-state index in [0.29, 0.717) is 23.1 Å². The van der Waals surface area contributed by atoms with Crippen molar-refractivity contribution < 1.29 is 13.5 Å². The summed E-state index contributed by atoms with van der Waals surface area (Å²) in [6.07, 6.45) is 5.28. The summed E-state index contributed by atoms with van der Waals surface area (Å²) in [5.74, 6) is 0.875. The third-order valence-electron chi connectivity index (χ3n) is 4.41. The Kier molecular flexibility index (Phi) is 4.66. The Morgan fingerprint density at radius 2 is 2.04 bits per heavy atom. The summed E-state index contributed by atoms with van der Waals surface area (Å²) in [4.78, 5) is 8.98. The van der Waals surface area contributed by atoms with Gasteiger partial charge in [-0.1, -0.05) is 6.07 Å². The first-order valence-corrected chi connectivity index (χ1v) is 8.56. The first-order valence-electron chi connectivity index (χ1n) is 8.56. The number of halogens is 2. The van der Waals surface area contributed by atoms with Crippen LogP contribution in [0.15, 0.2) is 42.7 Å². The molecule has 3 aromatic heterocycles. The molecule has 0 unspecified atom stereocenters. The first kappa shape index (κ1) is 16.7. The second-order valence-electron chi connectivity index (χ2n) is 6.19. The summed E-state index contributed by atoms with van der Waals surface area (Å²) < 4.78 is 31.1. The van der Waals surface area contributed by atoms with E-state index < -0.39 is 6.61 Å². The SMILES string of the molecule is FC(F)Oc1ccc2ncc(-c3cccc(NC4CCNCC4)n3)n2c1. The molecule has 1 aliphatic rings. The average Bonchev–Trinajstić information content (AvgIpc) is 3.05. The molecule has 1 saturated heterocycles. The Morgan fingerprint density at radius 3 is 2.85 bits per heavy atom. The van der Waals surface area contributed by atoms with Crippen LogP contribution in [0, 0.1) is 0 Å². The number of nitrogens with one attached hydrogen (secondary N) is 2. The second kappa shape index (κ2) is 7.25. The van der Waals surface area contributed by atoms with Crippen LogP contribution in [-0.2, 0) is 0 Å². The van der Waals surface area contributed by atoms with Crippen molar-refractivity contribution >= 4 is 11.5 Å². The molecule has 0 spiro atoms. The minimum Gasteiger partial charge on any atom is -0.433 e. The van der Waals surface area contributed by atoms with Gasteiger partial charge in [-0.3, -0.25) is 4.40 Å². The van der Waals surface area contributed by atoms with Gasteiger partial charge in [0.2, 0.25) is 0 Å². The number of ether oxygens (including phenoxy) is 1. The zero-order chi connectivity index (χ0) is 17.9. The number of hydrogen-bond acceptors (Lipinski definition) is 5. The Labute approximate surface area is 149 Å². The maximum atomic E-state index is 12.5. The molecule has 3 aromatic rings. The highest BCUT2D eigenvalue weighted by atomic mass is 19.3. The highest BCUT2D eigenvalue weighted by Gasteiger charge is 2.14. The van der Waals surface area contributed by atoms with Crippen LogP contribution in [0.4, 0.5) is 14.6 Å². The molecule has 0 aliphatic carbocycles. The lowest BCUT2D eigenvalue weighted by atomic mass is 10.1. The maximum absolute atomic E-state index is 12.5. The molecule has 136 valence electrons. The van der Waals surface area contributed by atoms with E-state index in [1.807, 2.05) is 18.2 Å². The number of alkyl halides is 2. The summed E-state index contributed by atoms with van der Waals surface area (Å²) in [6.45, 7) is -0.871. The van der Waals surface area contributed by atoms with Gasteiger partial charge in [-0.2, -0.15) is 8.78 Å². The summed E-state index contributed by atoms with van der Waals surface area (Å²) in [7, 11) is 0. The summed E-state index contributed by atoms with van der Waals surface area (Å²) >= 11 is 0. The fourth-order valence-electron chi connectivity index (χ4n) is 3.16. The number of nitrogens with zero attached hydrogens (tertiary/aromatic N) is 3. The molecular formula is C18H19F2N5O. The van der Waals surface area contributed by atoms with Gasteiger partial charge in [-0.05, 0) is 50.2 Å². The minimum atomic E-state index is -2.87. The molecule has 0 saturated carbocycles. The van der Waals surface area contributed by atoms with E-state index in [9.17, 15) is 8.78 Å². The molecular weight excluding hydrogens is 340 g/mol. The smallest absolute Gasteiger partial charge is 0.387 e. The van der Waals surface area contributed by atoms with E-state index in [-0.39, 0.29) is 5.75 Å². The second-order valence-corrected chi connectivity index (χ2v) is 6.19. The van der Waals surface area contributed by atoms with Gasteiger partial charge in [-0.15, -0.1) is 0 Å². The van der Waals surface area contributed by atoms with Gasteiger partial charge in [0.05, 0.1) is 23.8 Å². The fourth-order valence-corrected chi connectivity index (χ4v) is 3.16. The standard InChI is InChI=1S/C18H19F2N5O/c19-18(20)26-13-4-5-17-22-10-15(25(17)11-13)14-2-1-3-16(24-14)23-12-6-8-21-9-7-12/h1-5,10-12,18,21H,6-9H2,(H,23,24). The van der Waals surface area contributed by atoms with Gasteiger partial charge in [0, 0.05) is 6.04 Å². The summed E-state index contributed by atoms with van der Waals surface area (Å²) in [5.41, 5.74) is 2.07. The van der Waals surface area contributed by atoms with Crippen LogP contribution >= 0.6 is 0 Å². The molecule has 2 N–H and O–H groups in total. The Balaban J connectivity index is 1.63. The predicted molar refractivity (Wildman–Crippen MR) is 94.6 cm³/mol. The molecule has 0 atom stereocenters. The van der Waals surface area contributed by atoms with E-state index >= 15 is 0 Å². The normalized spacial score (nSPS) is 15.5. The van der Waals surface area contributed by atoms with Crippen molar-refractivity contribution in [1.29, 1.82) is 0 Å². The lowest BCUT2D eigenvalue weighted by molar-refractivity contribution is -0.0501. The third-order valence-corrected chi connectivity index (χ3v) is 4.41. The van der Waals surface area contributed by atoms with Crippen LogP contribution < -0.4 is 15.4 Å². The number of piperidine rings is 1. The van der Waals surface area contributed by atoms with Crippen molar-refractivity contribution in [2.75, 3.05) is 18.4 Å². The van der Waals surface area contributed by atoms with Gasteiger partial charge in [0.15, 0.2) is 0 Å². The van der Waals surface area contributed by atoms with Crippen LogP contribution in [-0.4, -0.2) is 40.1 Å². The fraction of sp³-hybridized carbons (Fsp3) is 0.333. The van der Waals surface area contributed by atoms with Crippen LogP contribution in [0.2, 0.25) is 0 Å². The lowest BCUT2D eigenvalue weighted by Gasteiger charge is -2.24. The molecule has 0 radical (unpaired) electrons. The molecule has 1 fully saturated rings. The van der Waals surface area contributed by atoms with Crippen molar-refractivity contribution in [2.45, 2.75) is 25.5 Å². The van der Waals surface area contributed by atoms with E-state index in [2.05, 4.69) is 25.3 Å². The molecule has 26 heavy (non-hydrogen) atoms. The highest BCUT2D eigenvalue weighted by Crippen LogP contribution is 2.24. The highest BCUT2D eigenvalue weighted by molar-refractivity contribution is 5.62. The van der Waals surface area contributed by atoms with E-state index in [0.717, 1.165) is 31.7 Å². The monoisotopic (exact) mass is 359 g/mol. The minimum absolute atomic E-state index is 0.0794. The van der Waals surface area contributed by atoms with Crippen molar-refractivity contribution in [3.8, 4) is 17.1 Å². The van der Waals surface area contributed by atoms with Crippen molar-refractivity contribution in [2.24, 2.45) is 0 Å². The zero-order valence-electron chi connectivity index (χ0n) is 14.0. The topological polar surface area (TPSA) is 63.5 Å². The number of rotatable bonds is 5. The summed E-state index contributed by atoms with van der Waals surface area (Å²) in [5, 5.41) is 6.80. The third kappa shape index (κ3) is 3.60. The Bertz CT molecular complexity index is 892. The zero-order valence-corrected chi connectivity index (χ0v) is 14.0. The Hall–Kier alpha value is -2.74. The van der Waals surface area contributed by atoms with Crippen molar-refractivity contribution in [1.82, 2.24) is 19.7 Å². The Morgan fingerprint density at radius 1 is 1.19 bits per heavy atom. The number of hydrogen-bond donors (Lipinski definition) is 2. The van der Waals surface area contributed by atoms with Crippen molar-refractivity contribution in [3.63, 3.8) is 0 Å². The van der Waals surface area contributed by atoms with Gasteiger partial charge in [0.25, 0.3) is 0 Å². The molecule has 0 bridgehead atoms. The van der Waals surface area contributed by atoms with E-state index in [1.165, 1.54) is 12.3 Å². The first-order chi connectivity index (χ1) is 12.7. The van der Waals surface area contributed by atoms with E-state index in [1.54, 1.807) is 16.7 Å². The summed E-state index contributed by atoms with van der Waals surface area (Å²) in [6, 6.07) is 9.23. The van der Waals surface area contributed by atoms with E-state index in [4.69, 9.17) is 0 Å². The maximum Gasteiger partial charge on any atom is 0.387 e. The molecule has 0 aromatic carbocycles. The van der Waals surface area contributed by atoms with Crippen LogP contribution in [0.25, 0.3) is 17.0 Å². The number of fused-ring (bicyclic) bond motifs is 1. The average molecular weight is 359 g/mol. The van der Waals surface area contributed by atoms with Gasteiger partial charge < -0.3 is 15.4 Å². The van der Waals surface area contributed by atoms with Crippen LogP contribution in [0.1, 0.15) is 12.8 Å². The quantitative estimate of drug-likeness (QED) is 0.733. The number of aromatic nitrogens is 3. The van der Waals surface area contributed by atoms with Gasteiger partial charge in [0.1, 0.15) is 17.2 Å². The largest absolute Gasteiger partial charge is 0.433 e. The van der Waals surface area contributed by atoms with Crippen LogP contribution in [0.3, 0.4) is 0 Å². The number of pyridine rings is 2. The van der Waals surface area contributed by atoms with Crippen molar-refractivity contribution in [3.05, 3.63) is 42.7 Å². The molecule has 1 aliphatic heterocycles.